The molecule has 3 nitrogen and oxygen atoms in total. The van der Waals surface area contributed by atoms with Gasteiger partial charge < -0.3 is 10.6 Å². The number of halogens is 1. The van der Waals surface area contributed by atoms with Gasteiger partial charge in [-0.15, -0.1) is 12.4 Å². The topological polar surface area (TPSA) is 41.1 Å². The zero-order chi connectivity index (χ0) is 13.6. The van der Waals surface area contributed by atoms with Crippen LogP contribution in [0.25, 0.3) is 0 Å². The van der Waals surface area contributed by atoms with Crippen molar-refractivity contribution in [2.45, 2.75) is 51.4 Å². The Morgan fingerprint density at radius 2 is 1.71 bits per heavy atom. The molecule has 4 saturated carbocycles. The average Bonchev–Trinajstić information content (AvgIpc) is 2.88. The highest BCUT2D eigenvalue weighted by Gasteiger charge is 2.50. The molecule has 5 aliphatic rings. The van der Waals surface area contributed by atoms with E-state index < -0.39 is 0 Å². The number of carbonyl (C=O) groups excluding carboxylic acids is 1. The van der Waals surface area contributed by atoms with Gasteiger partial charge in [-0.3, -0.25) is 4.79 Å². The highest BCUT2D eigenvalue weighted by Crippen LogP contribution is 2.59. The summed E-state index contributed by atoms with van der Waals surface area (Å²) in [4.78, 5) is 12.2. The average molecular weight is 313 g/mol. The van der Waals surface area contributed by atoms with E-state index in [0.717, 1.165) is 43.8 Å². The molecule has 0 aromatic heterocycles. The number of amides is 1. The fraction of sp³-hybridized carbons (Fsp3) is 0.941. The van der Waals surface area contributed by atoms with Gasteiger partial charge >= 0.3 is 0 Å². The standard InChI is InChI=1S/C17H28N2O.ClH/c20-16(6-12-1-2-18-10-12)19-11-17-7-13-3-14(8-17)5-15(4-13)9-17;/h12-15,18H,1-11H2,(H,19,20);1H. The molecule has 1 atom stereocenters. The van der Waals surface area contributed by atoms with Crippen LogP contribution in [0.5, 0.6) is 0 Å². The lowest BCUT2D eigenvalue weighted by Gasteiger charge is -2.56. The number of nitrogens with one attached hydrogen (secondary N) is 2. The van der Waals surface area contributed by atoms with Crippen molar-refractivity contribution in [2.75, 3.05) is 19.6 Å². The van der Waals surface area contributed by atoms with E-state index in [0.29, 0.717) is 17.2 Å². The second kappa shape index (κ2) is 6.08. The molecule has 1 aliphatic heterocycles. The van der Waals surface area contributed by atoms with Gasteiger partial charge in [-0.1, -0.05) is 0 Å². The first-order chi connectivity index (χ1) is 9.71. The molecule has 21 heavy (non-hydrogen) atoms. The van der Waals surface area contributed by atoms with Gasteiger partial charge in [0, 0.05) is 13.0 Å². The van der Waals surface area contributed by atoms with Crippen molar-refractivity contribution in [3.63, 3.8) is 0 Å². The van der Waals surface area contributed by atoms with Gasteiger partial charge in [0.2, 0.25) is 5.91 Å². The first kappa shape index (κ1) is 15.6. The minimum Gasteiger partial charge on any atom is -0.356 e. The molecule has 5 fully saturated rings. The van der Waals surface area contributed by atoms with Crippen molar-refractivity contribution in [1.82, 2.24) is 10.6 Å². The molecular formula is C17H29ClN2O. The van der Waals surface area contributed by atoms with Crippen LogP contribution in [0.4, 0.5) is 0 Å². The molecule has 120 valence electrons. The third kappa shape index (κ3) is 3.24. The van der Waals surface area contributed by atoms with Gasteiger partial charge in [-0.2, -0.15) is 0 Å². The number of carbonyl (C=O) groups is 1. The maximum atomic E-state index is 12.2. The van der Waals surface area contributed by atoms with E-state index in [1.165, 1.54) is 44.9 Å². The van der Waals surface area contributed by atoms with E-state index in [1.807, 2.05) is 0 Å². The van der Waals surface area contributed by atoms with Crippen LogP contribution in [0.1, 0.15) is 51.4 Å². The van der Waals surface area contributed by atoms with Crippen LogP contribution < -0.4 is 10.6 Å². The molecular weight excluding hydrogens is 284 g/mol. The Bertz CT molecular complexity index is 357. The summed E-state index contributed by atoms with van der Waals surface area (Å²) in [6, 6.07) is 0. The summed E-state index contributed by atoms with van der Waals surface area (Å²) in [7, 11) is 0. The zero-order valence-corrected chi connectivity index (χ0v) is 13.7. The second-order valence-corrected chi connectivity index (χ2v) is 8.26. The predicted molar refractivity (Wildman–Crippen MR) is 86.5 cm³/mol. The van der Waals surface area contributed by atoms with E-state index in [1.54, 1.807) is 0 Å². The highest BCUT2D eigenvalue weighted by molar-refractivity contribution is 5.85. The molecule has 4 heteroatoms. The lowest BCUT2D eigenvalue weighted by molar-refractivity contribution is -0.124. The fourth-order valence-electron chi connectivity index (χ4n) is 6.02. The molecule has 0 radical (unpaired) electrons. The second-order valence-electron chi connectivity index (χ2n) is 8.26. The van der Waals surface area contributed by atoms with Gasteiger partial charge in [0.1, 0.15) is 0 Å². The predicted octanol–water partition coefficient (Wildman–Crippen LogP) is 2.74. The van der Waals surface area contributed by atoms with Gasteiger partial charge in [0.05, 0.1) is 0 Å². The molecule has 4 aliphatic carbocycles. The molecule has 5 rings (SSSR count). The van der Waals surface area contributed by atoms with Crippen LogP contribution in [0.15, 0.2) is 0 Å². The largest absolute Gasteiger partial charge is 0.356 e. The lowest BCUT2D eigenvalue weighted by Crippen LogP contribution is -2.51. The summed E-state index contributed by atoms with van der Waals surface area (Å²) < 4.78 is 0. The SMILES string of the molecule is Cl.O=C(CC1CCNC1)NCC12CC3CC(CC(C3)C1)C2. The third-order valence-electron chi connectivity index (χ3n) is 6.46. The molecule has 2 N–H and O–H groups in total. The fourth-order valence-corrected chi connectivity index (χ4v) is 6.02. The number of hydrogen-bond acceptors (Lipinski definition) is 2. The van der Waals surface area contributed by atoms with Gasteiger partial charge in [0.25, 0.3) is 0 Å². The molecule has 1 saturated heterocycles. The Hall–Kier alpha value is -0.280. The van der Waals surface area contributed by atoms with Crippen molar-refractivity contribution in [2.24, 2.45) is 29.1 Å². The van der Waals surface area contributed by atoms with Crippen LogP contribution >= 0.6 is 12.4 Å². The van der Waals surface area contributed by atoms with Gasteiger partial charge in [0.15, 0.2) is 0 Å². The molecule has 1 amide bonds. The van der Waals surface area contributed by atoms with Crippen LogP contribution in [0, 0.1) is 29.1 Å². The Labute approximate surface area is 134 Å². The van der Waals surface area contributed by atoms with Crippen molar-refractivity contribution in [1.29, 1.82) is 0 Å². The summed E-state index contributed by atoms with van der Waals surface area (Å²) in [6.45, 7) is 3.09. The normalized spacial score (nSPS) is 43.6. The van der Waals surface area contributed by atoms with Crippen LogP contribution in [0.3, 0.4) is 0 Å². The summed E-state index contributed by atoms with van der Waals surface area (Å²) in [6.07, 6.45) is 10.5. The zero-order valence-electron chi connectivity index (χ0n) is 12.9. The van der Waals surface area contributed by atoms with Crippen molar-refractivity contribution < 1.29 is 4.79 Å². The Balaban J connectivity index is 0.00000132. The summed E-state index contributed by atoms with van der Waals surface area (Å²) in [5.41, 5.74) is 0.484. The highest BCUT2D eigenvalue weighted by atomic mass is 35.5. The third-order valence-corrected chi connectivity index (χ3v) is 6.46. The molecule has 0 spiro atoms. The molecule has 1 unspecified atom stereocenters. The Kier molecular flexibility index (Phi) is 4.52. The molecule has 4 bridgehead atoms. The Morgan fingerprint density at radius 3 is 2.24 bits per heavy atom. The molecule has 1 heterocycles. The van der Waals surface area contributed by atoms with Crippen LogP contribution in [0.2, 0.25) is 0 Å². The lowest BCUT2D eigenvalue weighted by atomic mass is 9.49. The quantitative estimate of drug-likeness (QED) is 0.838. The molecule has 0 aromatic carbocycles. The number of rotatable bonds is 4. The van der Waals surface area contributed by atoms with E-state index in [-0.39, 0.29) is 12.4 Å². The maximum absolute atomic E-state index is 12.2. The van der Waals surface area contributed by atoms with Crippen molar-refractivity contribution in [3.05, 3.63) is 0 Å². The summed E-state index contributed by atoms with van der Waals surface area (Å²) in [5.74, 6) is 3.83. The van der Waals surface area contributed by atoms with E-state index in [2.05, 4.69) is 10.6 Å². The van der Waals surface area contributed by atoms with E-state index in [4.69, 9.17) is 0 Å². The first-order valence-electron chi connectivity index (χ1n) is 8.68. The summed E-state index contributed by atoms with van der Waals surface area (Å²) >= 11 is 0. The minimum atomic E-state index is 0. The number of hydrogen-bond donors (Lipinski definition) is 2. The van der Waals surface area contributed by atoms with Crippen molar-refractivity contribution >= 4 is 18.3 Å². The first-order valence-corrected chi connectivity index (χ1v) is 8.68. The van der Waals surface area contributed by atoms with Gasteiger partial charge in [-0.05, 0) is 87.1 Å². The Morgan fingerprint density at radius 1 is 1.10 bits per heavy atom. The van der Waals surface area contributed by atoms with Gasteiger partial charge in [-0.25, -0.2) is 0 Å². The summed E-state index contributed by atoms with van der Waals surface area (Å²) in [5, 5.41) is 6.65. The minimum absolute atomic E-state index is 0. The maximum Gasteiger partial charge on any atom is 0.220 e. The monoisotopic (exact) mass is 312 g/mol. The van der Waals surface area contributed by atoms with Crippen LogP contribution in [-0.2, 0) is 4.79 Å². The van der Waals surface area contributed by atoms with Crippen LogP contribution in [-0.4, -0.2) is 25.5 Å². The van der Waals surface area contributed by atoms with E-state index in [9.17, 15) is 4.79 Å². The van der Waals surface area contributed by atoms with E-state index >= 15 is 0 Å². The molecule has 0 aromatic rings. The van der Waals surface area contributed by atoms with Crippen molar-refractivity contribution in [3.8, 4) is 0 Å². The smallest absolute Gasteiger partial charge is 0.220 e.